The van der Waals surface area contributed by atoms with Gasteiger partial charge < -0.3 is 19.0 Å². The fraction of sp³-hybridized carbons (Fsp3) is 0.630. The topological polar surface area (TPSA) is 86.0 Å². The molecule has 0 amide bonds. The van der Waals surface area contributed by atoms with Gasteiger partial charge in [0.05, 0.1) is 12.7 Å². The van der Waals surface area contributed by atoms with Gasteiger partial charge in [-0.25, -0.2) is 4.79 Å². The smallest absolute Gasteiger partial charge is 0.336 e. The van der Waals surface area contributed by atoms with Crippen LogP contribution in [-0.2, 0) is 9.53 Å². The van der Waals surface area contributed by atoms with Gasteiger partial charge in [0.2, 0.25) is 0 Å². The Morgan fingerprint density at radius 1 is 0.939 bits per heavy atom. The van der Waals surface area contributed by atoms with E-state index in [1.54, 1.807) is 24.3 Å². The Morgan fingerprint density at radius 2 is 1.58 bits per heavy atom. The van der Waals surface area contributed by atoms with Crippen LogP contribution in [0.25, 0.3) is 11.0 Å². The third-order valence-corrected chi connectivity index (χ3v) is 5.74. The molecule has 1 unspecified atom stereocenters. The van der Waals surface area contributed by atoms with E-state index in [0.29, 0.717) is 24.2 Å². The van der Waals surface area contributed by atoms with Crippen LogP contribution in [0.1, 0.15) is 90.4 Å². The van der Waals surface area contributed by atoms with Crippen molar-refractivity contribution in [1.29, 1.82) is 0 Å². The van der Waals surface area contributed by atoms with Gasteiger partial charge in [0, 0.05) is 30.4 Å². The fourth-order valence-electron chi connectivity index (χ4n) is 3.72. The number of carbonyl (C=O) groups excluding carboxylic acids is 1. The number of unbranched alkanes of at least 4 members (excludes halogenated alkanes) is 10. The van der Waals surface area contributed by atoms with Gasteiger partial charge in [0.1, 0.15) is 17.9 Å². The number of benzene rings is 1. The monoisotopic (exact) mass is 460 g/mol. The molecule has 0 bridgehead atoms. The summed E-state index contributed by atoms with van der Waals surface area (Å²) in [6.45, 7) is 2.48. The average Bonchev–Trinajstić information content (AvgIpc) is 2.81. The van der Waals surface area contributed by atoms with Crippen molar-refractivity contribution < 1.29 is 23.8 Å². The van der Waals surface area contributed by atoms with Gasteiger partial charge in [-0.3, -0.25) is 4.79 Å². The summed E-state index contributed by atoms with van der Waals surface area (Å²) in [7, 11) is 0. The normalized spacial score (nSPS) is 12.1. The van der Waals surface area contributed by atoms with E-state index in [1.165, 1.54) is 63.9 Å². The highest BCUT2D eigenvalue weighted by molar-refractivity contribution is 5.77. The Kier molecular flexibility index (Phi) is 13.3. The molecule has 6 nitrogen and oxygen atoms in total. The van der Waals surface area contributed by atoms with Crippen LogP contribution < -0.4 is 10.4 Å². The van der Waals surface area contributed by atoms with Crippen molar-refractivity contribution in [3.8, 4) is 5.75 Å². The van der Waals surface area contributed by atoms with Gasteiger partial charge in [-0.05, 0) is 24.6 Å². The first-order valence-corrected chi connectivity index (χ1v) is 12.6. The molecule has 33 heavy (non-hydrogen) atoms. The maximum atomic E-state index is 11.9. The SMILES string of the molecule is CCCCCCCCCCCCCC(=O)OCC(O)CCOc1ccc2ccc(=O)oc2c1. The molecule has 0 fully saturated rings. The summed E-state index contributed by atoms with van der Waals surface area (Å²) < 4.78 is 15.9. The predicted molar refractivity (Wildman–Crippen MR) is 131 cm³/mol. The second-order valence-corrected chi connectivity index (χ2v) is 8.71. The lowest BCUT2D eigenvalue weighted by Crippen LogP contribution is -2.21. The van der Waals surface area contributed by atoms with Crippen molar-refractivity contribution >= 4 is 16.9 Å². The molecule has 184 valence electrons. The van der Waals surface area contributed by atoms with Gasteiger partial charge >= 0.3 is 11.6 Å². The maximum Gasteiger partial charge on any atom is 0.336 e. The van der Waals surface area contributed by atoms with Crippen LogP contribution in [0.5, 0.6) is 5.75 Å². The molecule has 0 aliphatic heterocycles. The fourth-order valence-corrected chi connectivity index (χ4v) is 3.72. The molecule has 0 saturated heterocycles. The Morgan fingerprint density at radius 3 is 2.27 bits per heavy atom. The van der Waals surface area contributed by atoms with E-state index in [1.807, 2.05) is 0 Å². The Balaban J connectivity index is 1.46. The number of hydrogen-bond acceptors (Lipinski definition) is 6. The van der Waals surface area contributed by atoms with E-state index in [-0.39, 0.29) is 19.2 Å². The summed E-state index contributed by atoms with van der Waals surface area (Å²) in [5, 5.41) is 10.8. The molecular formula is C27H40O6. The summed E-state index contributed by atoms with van der Waals surface area (Å²) in [6.07, 6.45) is 13.6. The number of fused-ring (bicyclic) bond motifs is 1. The number of hydrogen-bond donors (Lipinski definition) is 1. The first-order valence-electron chi connectivity index (χ1n) is 12.6. The molecule has 0 aliphatic carbocycles. The molecule has 1 heterocycles. The molecule has 0 saturated carbocycles. The zero-order valence-corrected chi connectivity index (χ0v) is 20.1. The van der Waals surface area contributed by atoms with Crippen LogP contribution in [0.4, 0.5) is 0 Å². The Hall–Kier alpha value is -2.34. The van der Waals surface area contributed by atoms with Crippen LogP contribution >= 0.6 is 0 Å². The van der Waals surface area contributed by atoms with Crippen molar-refractivity contribution in [1.82, 2.24) is 0 Å². The zero-order chi connectivity index (χ0) is 23.7. The number of aliphatic hydroxyl groups is 1. The van der Waals surface area contributed by atoms with Gasteiger partial charge in [-0.2, -0.15) is 0 Å². The molecule has 2 rings (SSSR count). The second kappa shape index (κ2) is 16.3. The molecule has 6 heteroatoms. The minimum atomic E-state index is -0.773. The molecule has 1 N–H and O–H groups in total. The van der Waals surface area contributed by atoms with Crippen molar-refractivity contribution in [3.05, 3.63) is 40.8 Å². The number of aliphatic hydroxyl groups excluding tert-OH is 1. The Labute approximate surface area is 197 Å². The van der Waals surface area contributed by atoms with Crippen molar-refractivity contribution in [2.75, 3.05) is 13.2 Å². The number of carbonyl (C=O) groups is 1. The second-order valence-electron chi connectivity index (χ2n) is 8.71. The molecule has 0 aliphatic rings. The molecule has 2 aromatic rings. The summed E-state index contributed by atoms with van der Waals surface area (Å²) >= 11 is 0. The lowest BCUT2D eigenvalue weighted by Gasteiger charge is -2.12. The molecular weight excluding hydrogens is 420 g/mol. The number of esters is 1. The predicted octanol–water partition coefficient (Wildman–Crippen LogP) is 6.17. The van der Waals surface area contributed by atoms with Gasteiger partial charge in [0.25, 0.3) is 0 Å². The van der Waals surface area contributed by atoms with Crippen LogP contribution in [0, 0.1) is 0 Å². The quantitative estimate of drug-likeness (QED) is 0.163. The zero-order valence-electron chi connectivity index (χ0n) is 20.1. The van der Waals surface area contributed by atoms with Gasteiger partial charge in [-0.1, -0.05) is 71.1 Å². The van der Waals surface area contributed by atoms with Crippen LogP contribution in [0.3, 0.4) is 0 Å². The third-order valence-electron chi connectivity index (χ3n) is 5.74. The van der Waals surface area contributed by atoms with Gasteiger partial charge in [-0.15, -0.1) is 0 Å². The molecule has 1 atom stereocenters. The molecule has 0 spiro atoms. The van der Waals surface area contributed by atoms with Crippen molar-refractivity contribution in [2.45, 2.75) is 96.5 Å². The van der Waals surface area contributed by atoms with Crippen LogP contribution in [-0.4, -0.2) is 30.4 Å². The van der Waals surface area contributed by atoms with E-state index in [2.05, 4.69) is 6.92 Å². The highest BCUT2D eigenvalue weighted by Gasteiger charge is 2.10. The molecule has 1 aromatic heterocycles. The largest absolute Gasteiger partial charge is 0.493 e. The number of ether oxygens (including phenoxy) is 2. The van der Waals surface area contributed by atoms with E-state index in [0.717, 1.165) is 18.2 Å². The summed E-state index contributed by atoms with van der Waals surface area (Å²) in [6, 6.07) is 8.30. The minimum absolute atomic E-state index is 0.0210. The molecule has 1 aromatic carbocycles. The average molecular weight is 461 g/mol. The lowest BCUT2D eigenvalue weighted by atomic mass is 10.1. The highest BCUT2D eigenvalue weighted by Crippen LogP contribution is 2.19. The Bertz CT molecular complexity index is 859. The standard InChI is InChI=1S/C27H40O6/c1-2-3-4-5-6-7-8-9-10-11-12-13-26(29)32-21-23(28)18-19-31-24-16-14-22-15-17-27(30)33-25(22)20-24/h14-17,20,23,28H,2-13,18-19,21H2,1H3. The summed E-state index contributed by atoms with van der Waals surface area (Å²) in [4.78, 5) is 23.2. The van der Waals surface area contributed by atoms with Crippen molar-refractivity contribution in [2.24, 2.45) is 0 Å². The maximum absolute atomic E-state index is 11.9. The number of rotatable bonds is 18. The van der Waals surface area contributed by atoms with Crippen molar-refractivity contribution in [3.63, 3.8) is 0 Å². The van der Waals surface area contributed by atoms with Crippen LogP contribution in [0.15, 0.2) is 39.5 Å². The van der Waals surface area contributed by atoms with E-state index < -0.39 is 11.7 Å². The van der Waals surface area contributed by atoms with E-state index in [9.17, 15) is 14.7 Å². The van der Waals surface area contributed by atoms with Crippen LogP contribution in [0.2, 0.25) is 0 Å². The highest BCUT2D eigenvalue weighted by atomic mass is 16.5. The molecule has 0 radical (unpaired) electrons. The third kappa shape index (κ3) is 11.9. The van der Waals surface area contributed by atoms with E-state index in [4.69, 9.17) is 13.9 Å². The summed E-state index contributed by atoms with van der Waals surface area (Å²) in [5.41, 5.74) is 0.0435. The summed E-state index contributed by atoms with van der Waals surface area (Å²) in [5.74, 6) is 0.299. The first-order chi connectivity index (χ1) is 16.1. The minimum Gasteiger partial charge on any atom is -0.493 e. The van der Waals surface area contributed by atoms with E-state index >= 15 is 0 Å². The van der Waals surface area contributed by atoms with Gasteiger partial charge in [0.15, 0.2) is 0 Å². The first kappa shape index (κ1) is 26.9. The lowest BCUT2D eigenvalue weighted by molar-refractivity contribution is -0.147.